The monoisotopic (exact) mass is 339 g/mol. The van der Waals surface area contributed by atoms with Gasteiger partial charge in [-0.25, -0.2) is 0 Å². The number of hydrogen-bond acceptors (Lipinski definition) is 4. The number of benzene rings is 1. The number of anilines is 2. The molecule has 2 N–H and O–H groups in total. The maximum absolute atomic E-state index is 12.5. The number of nitrogens with one attached hydrogen (secondary N) is 2. The number of ether oxygens (including phenoxy) is 1. The summed E-state index contributed by atoms with van der Waals surface area (Å²) in [6.45, 7) is 0. The number of amides is 1. The van der Waals surface area contributed by atoms with Crippen molar-refractivity contribution in [1.29, 1.82) is 0 Å². The van der Waals surface area contributed by atoms with E-state index < -0.39 is 0 Å². The standard InChI is InChI=1S/C20H25N3O2/c1-25-18-10-8-16(9-11-18)22-17-12-13-21-19(14-17)20(24)23-15-6-4-2-3-5-7-15/h8-15H,2-7H2,1H3,(H,21,22)(H,23,24). The number of pyridine rings is 1. The lowest BCUT2D eigenvalue weighted by atomic mass is 10.1. The Labute approximate surface area is 148 Å². The van der Waals surface area contributed by atoms with Crippen molar-refractivity contribution in [2.24, 2.45) is 0 Å². The molecule has 0 bridgehead atoms. The Morgan fingerprint density at radius 1 is 1.04 bits per heavy atom. The molecule has 0 saturated heterocycles. The van der Waals surface area contributed by atoms with Crippen LogP contribution in [-0.2, 0) is 0 Å². The SMILES string of the molecule is COc1ccc(Nc2ccnc(C(=O)NC3CCCCCC3)c2)cc1. The van der Waals surface area contributed by atoms with Crippen LogP contribution in [0.15, 0.2) is 42.6 Å². The molecule has 1 aromatic heterocycles. The average Bonchev–Trinajstić information content (AvgIpc) is 2.91. The molecule has 25 heavy (non-hydrogen) atoms. The van der Waals surface area contributed by atoms with Crippen LogP contribution in [0.3, 0.4) is 0 Å². The molecule has 5 nitrogen and oxygen atoms in total. The van der Waals surface area contributed by atoms with Gasteiger partial charge >= 0.3 is 0 Å². The Kier molecular flexibility index (Phi) is 5.88. The molecule has 1 aliphatic rings. The minimum atomic E-state index is -0.0923. The number of nitrogens with zero attached hydrogens (tertiary/aromatic N) is 1. The van der Waals surface area contributed by atoms with Crippen LogP contribution in [-0.4, -0.2) is 24.0 Å². The smallest absolute Gasteiger partial charge is 0.270 e. The van der Waals surface area contributed by atoms with Crippen molar-refractivity contribution in [3.05, 3.63) is 48.3 Å². The van der Waals surface area contributed by atoms with Crippen LogP contribution >= 0.6 is 0 Å². The molecule has 1 aromatic carbocycles. The maximum Gasteiger partial charge on any atom is 0.270 e. The Bertz CT molecular complexity index is 692. The summed E-state index contributed by atoms with van der Waals surface area (Å²) in [5.41, 5.74) is 2.22. The zero-order valence-corrected chi connectivity index (χ0v) is 14.6. The third-order valence-electron chi connectivity index (χ3n) is 4.56. The molecule has 0 radical (unpaired) electrons. The molecule has 1 saturated carbocycles. The van der Waals surface area contributed by atoms with E-state index in [1.54, 1.807) is 19.4 Å². The predicted molar refractivity (Wildman–Crippen MR) is 99.5 cm³/mol. The molecule has 0 spiro atoms. The van der Waals surface area contributed by atoms with Crippen LogP contribution in [0.1, 0.15) is 49.0 Å². The molecule has 0 aliphatic heterocycles. The topological polar surface area (TPSA) is 63.2 Å². The lowest BCUT2D eigenvalue weighted by Crippen LogP contribution is -2.34. The predicted octanol–water partition coefficient (Wildman–Crippen LogP) is 4.29. The van der Waals surface area contributed by atoms with Crippen LogP contribution in [0.5, 0.6) is 5.75 Å². The summed E-state index contributed by atoms with van der Waals surface area (Å²) >= 11 is 0. The lowest BCUT2D eigenvalue weighted by Gasteiger charge is -2.16. The van der Waals surface area contributed by atoms with E-state index in [0.29, 0.717) is 5.69 Å². The maximum atomic E-state index is 12.5. The number of aromatic nitrogens is 1. The third kappa shape index (κ3) is 4.95. The molecule has 1 fully saturated rings. The van der Waals surface area contributed by atoms with E-state index in [2.05, 4.69) is 15.6 Å². The molecular formula is C20H25N3O2. The number of carbonyl (C=O) groups is 1. The van der Waals surface area contributed by atoms with Gasteiger partial charge in [0.2, 0.25) is 0 Å². The van der Waals surface area contributed by atoms with Crippen molar-refractivity contribution in [1.82, 2.24) is 10.3 Å². The highest BCUT2D eigenvalue weighted by atomic mass is 16.5. The summed E-state index contributed by atoms with van der Waals surface area (Å²) in [6.07, 6.45) is 8.71. The highest BCUT2D eigenvalue weighted by molar-refractivity contribution is 5.93. The minimum absolute atomic E-state index is 0.0923. The molecule has 5 heteroatoms. The van der Waals surface area contributed by atoms with Crippen molar-refractivity contribution in [2.75, 3.05) is 12.4 Å². The number of carbonyl (C=O) groups excluding carboxylic acids is 1. The molecule has 1 amide bonds. The summed E-state index contributed by atoms with van der Waals surface area (Å²) in [5.74, 6) is 0.717. The van der Waals surface area contributed by atoms with Gasteiger partial charge in [-0.3, -0.25) is 9.78 Å². The van der Waals surface area contributed by atoms with Crippen molar-refractivity contribution in [2.45, 2.75) is 44.6 Å². The van der Waals surface area contributed by atoms with Gasteiger partial charge in [-0.15, -0.1) is 0 Å². The summed E-state index contributed by atoms with van der Waals surface area (Å²) in [6, 6.07) is 11.6. The Morgan fingerprint density at radius 3 is 2.44 bits per heavy atom. The van der Waals surface area contributed by atoms with Gasteiger partial charge in [-0.05, 0) is 49.2 Å². The zero-order chi connectivity index (χ0) is 17.5. The largest absolute Gasteiger partial charge is 0.497 e. The van der Waals surface area contributed by atoms with Gasteiger partial charge in [0.1, 0.15) is 11.4 Å². The first-order valence-electron chi connectivity index (χ1n) is 8.92. The van der Waals surface area contributed by atoms with E-state index in [1.165, 1.54) is 25.7 Å². The van der Waals surface area contributed by atoms with Gasteiger partial charge in [0.05, 0.1) is 7.11 Å². The Balaban J connectivity index is 1.64. The number of hydrogen-bond donors (Lipinski definition) is 2. The Hall–Kier alpha value is -2.56. The van der Waals surface area contributed by atoms with E-state index >= 15 is 0 Å². The fourth-order valence-electron chi connectivity index (χ4n) is 3.16. The fraction of sp³-hybridized carbons (Fsp3) is 0.400. The van der Waals surface area contributed by atoms with Crippen LogP contribution in [0.25, 0.3) is 0 Å². The van der Waals surface area contributed by atoms with Gasteiger partial charge in [0.25, 0.3) is 5.91 Å². The molecule has 132 valence electrons. The van der Waals surface area contributed by atoms with Gasteiger partial charge in [0, 0.05) is 23.6 Å². The van der Waals surface area contributed by atoms with Crippen molar-refractivity contribution < 1.29 is 9.53 Å². The average molecular weight is 339 g/mol. The lowest BCUT2D eigenvalue weighted by molar-refractivity contribution is 0.0928. The van der Waals surface area contributed by atoms with Crippen LogP contribution in [0, 0.1) is 0 Å². The van der Waals surface area contributed by atoms with E-state index in [9.17, 15) is 4.79 Å². The molecule has 0 unspecified atom stereocenters. The van der Waals surface area contributed by atoms with Crippen LogP contribution in [0.2, 0.25) is 0 Å². The molecule has 0 atom stereocenters. The summed E-state index contributed by atoms with van der Waals surface area (Å²) < 4.78 is 5.16. The summed E-state index contributed by atoms with van der Waals surface area (Å²) in [7, 11) is 1.64. The molecule has 3 rings (SSSR count). The first kappa shape index (κ1) is 17.3. The summed E-state index contributed by atoms with van der Waals surface area (Å²) in [4.78, 5) is 16.7. The molecule has 1 heterocycles. The van der Waals surface area contributed by atoms with Gasteiger partial charge < -0.3 is 15.4 Å². The van der Waals surface area contributed by atoms with E-state index in [0.717, 1.165) is 30.0 Å². The fourth-order valence-corrected chi connectivity index (χ4v) is 3.16. The highest BCUT2D eigenvalue weighted by Gasteiger charge is 2.16. The van der Waals surface area contributed by atoms with Crippen LogP contribution in [0.4, 0.5) is 11.4 Å². The van der Waals surface area contributed by atoms with Crippen molar-refractivity contribution >= 4 is 17.3 Å². The van der Waals surface area contributed by atoms with Gasteiger partial charge in [-0.2, -0.15) is 0 Å². The second kappa shape index (κ2) is 8.51. The molecular weight excluding hydrogens is 314 g/mol. The van der Waals surface area contributed by atoms with Crippen molar-refractivity contribution in [3.63, 3.8) is 0 Å². The van der Waals surface area contributed by atoms with E-state index in [4.69, 9.17) is 4.74 Å². The first-order chi connectivity index (χ1) is 12.2. The zero-order valence-electron chi connectivity index (χ0n) is 14.6. The van der Waals surface area contributed by atoms with Gasteiger partial charge in [-0.1, -0.05) is 25.7 Å². The molecule has 2 aromatic rings. The normalized spacial score (nSPS) is 15.2. The van der Waals surface area contributed by atoms with E-state index in [1.807, 2.05) is 30.3 Å². The summed E-state index contributed by atoms with van der Waals surface area (Å²) in [5, 5.41) is 6.42. The van der Waals surface area contributed by atoms with Crippen molar-refractivity contribution in [3.8, 4) is 5.75 Å². The Morgan fingerprint density at radius 2 is 1.76 bits per heavy atom. The number of rotatable bonds is 5. The minimum Gasteiger partial charge on any atom is -0.497 e. The highest BCUT2D eigenvalue weighted by Crippen LogP contribution is 2.21. The van der Waals surface area contributed by atoms with E-state index in [-0.39, 0.29) is 11.9 Å². The third-order valence-corrected chi connectivity index (χ3v) is 4.56. The number of methoxy groups -OCH3 is 1. The second-order valence-electron chi connectivity index (χ2n) is 6.45. The van der Waals surface area contributed by atoms with Gasteiger partial charge in [0.15, 0.2) is 0 Å². The quantitative estimate of drug-likeness (QED) is 0.798. The van der Waals surface area contributed by atoms with Crippen LogP contribution < -0.4 is 15.4 Å². The first-order valence-corrected chi connectivity index (χ1v) is 8.92. The molecule has 1 aliphatic carbocycles. The second-order valence-corrected chi connectivity index (χ2v) is 6.45.